The molecule has 108 valence electrons. The lowest BCUT2D eigenvalue weighted by Gasteiger charge is -2.44. The Balaban J connectivity index is 2.02. The predicted octanol–water partition coefficient (Wildman–Crippen LogP) is 3.61. The molecule has 2 nitrogen and oxygen atoms in total. The van der Waals surface area contributed by atoms with E-state index in [1.807, 2.05) is 6.07 Å². The van der Waals surface area contributed by atoms with Crippen molar-refractivity contribution in [1.82, 2.24) is 4.90 Å². The van der Waals surface area contributed by atoms with Gasteiger partial charge in [0.1, 0.15) is 5.54 Å². The van der Waals surface area contributed by atoms with Crippen molar-refractivity contribution >= 4 is 5.78 Å². The average Bonchev–Trinajstić information content (AvgIpc) is 2.81. The molecule has 0 N–H and O–H groups in total. The van der Waals surface area contributed by atoms with Gasteiger partial charge in [0.2, 0.25) is 0 Å². The quantitative estimate of drug-likeness (QED) is 0.819. The summed E-state index contributed by atoms with van der Waals surface area (Å²) in [6.07, 6.45) is 3.97. The van der Waals surface area contributed by atoms with E-state index in [-0.39, 0.29) is 5.54 Å². The van der Waals surface area contributed by atoms with Crippen molar-refractivity contribution in [3.8, 4) is 0 Å². The normalized spacial score (nSPS) is 35.4. The molecule has 3 rings (SSSR count). The Morgan fingerprint density at radius 3 is 2.30 bits per heavy atom. The number of carbonyl (C=O) groups excluding carboxylic acids is 1. The molecular formula is C18H25NO. The summed E-state index contributed by atoms with van der Waals surface area (Å²) >= 11 is 0. The number of nitrogens with zero attached hydrogens (tertiary/aromatic N) is 1. The molecule has 2 fully saturated rings. The SMILES string of the molecule is CC1CN([C@]2(c3ccccc3)CCCCC2=O)CC1C. The van der Waals surface area contributed by atoms with E-state index in [0.717, 1.165) is 32.4 Å². The third kappa shape index (κ3) is 2.10. The third-order valence-corrected chi connectivity index (χ3v) is 5.43. The highest BCUT2D eigenvalue weighted by Crippen LogP contribution is 2.43. The Bertz CT molecular complexity index is 473. The highest BCUT2D eigenvalue weighted by molar-refractivity contribution is 5.90. The van der Waals surface area contributed by atoms with Crippen molar-refractivity contribution in [2.24, 2.45) is 11.8 Å². The first-order chi connectivity index (χ1) is 9.64. The smallest absolute Gasteiger partial charge is 0.157 e. The van der Waals surface area contributed by atoms with Crippen LogP contribution in [0.4, 0.5) is 0 Å². The number of hydrogen-bond acceptors (Lipinski definition) is 2. The Morgan fingerprint density at radius 1 is 1.05 bits per heavy atom. The van der Waals surface area contributed by atoms with Crippen LogP contribution in [-0.2, 0) is 10.3 Å². The van der Waals surface area contributed by atoms with Gasteiger partial charge in [0.05, 0.1) is 0 Å². The van der Waals surface area contributed by atoms with Gasteiger partial charge in [0, 0.05) is 19.5 Å². The van der Waals surface area contributed by atoms with Crippen LogP contribution in [0.1, 0.15) is 45.1 Å². The molecule has 1 aliphatic carbocycles. The van der Waals surface area contributed by atoms with Crippen LogP contribution in [0.25, 0.3) is 0 Å². The molecule has 0 bridgehead atoms. The fraction of sp³-hybridized carbons (Fsp3) is 0.611. The summed E-state index contributed by atoms with van der Waals surface area (Å²) in [6, 6.07) is 10.5. The minimum Gasteiger partial charge on any atom is -0.297 e. The number of ketones is 1. The van der Waals surface area contributed by atoms with E-state index in [1.54, 1.807) is 0 Å². The largest absolute Gasteiger partial charge is 0.297 e. The first kappa shape index (κ1) is 13.8. The van der Waals surface area contributed by atoms with Crippen LogP contribution in [0.5, 0.6) is 0 Å². The minimum atomic E-state index is -0.335. The first-order valence-electron chi connectivity index (χ1n) is 7.98. The van der Waals surface area contributed by atoms with E-state index in [9.17, 15) is 4.79 Å². The standard InChI is InChI=1S/C18H25NO/c1-14-12-19(13-15(14)2)18(11-7-6-10-17(18)20)16-8-4-3-5-9-16/h3-5,8-9,14-15H,6-7,10-13H2,1-2H3/t14?,15?,18-/m0/s1. The summed E-state index contributed by atoms with van der Waals surface area (Å²) in [5.41, 5.74) is 0.879. The second-order valence-corrected chi connectivity index (χ2v) is 6.72. The van der Waals surface area contributed by atoms with Gasteiger partial charge in [-0.2, -0.15) is 0 Å². The Hall–Kier alpha value is -1.15. The van der Waals surface area contributed by atoms with Crippen LogP contribution in [-0.4, -0.2) is 23.8 Å². The van der Waals surface area contributed by atoms with Gasteiger partial charge in [0.25, 0.3) is 0 Å². The van der Waals surface area contributed by atoms with Crippen LogP contribution < -0.4 is 0 Å². The molecule has 0 radical (unpaired) electrons. The molecule has 0 amide bonds. The summed E-state index contributed by atoms with van der Waals surface area (Å²) in [6.45, 7) is 6.75. The van der Waals surface area contributed by atoms with Gasteiger partial charge < -0.3 is 0 Å². The Kier molecular flexibility index (Phi) is 3.68. The average molecular weight is 271 g/mol. The molecule has 1 aliphatic heterocycles. The van der Waals surface area contributed by atoms with Crippen LogP contribution in [0.15, 0.2) is 30.3 Å². The first-order valence-corrected chi connectivity index (χ1v) is 7.98. The van der Waals surface area contributed by atoms with Crippen LogP contribution in [0.2, 0.25) is 0 Å². The van der Waals surface area contributed by atoms with Crippen LogP contribution in [0, 0.1) is 11.8 Å². The second kappa shape index (κ2) is 5.33. The second-order valence-electron chi connectivity index (χ2n) is 6.72. The van der Waals surface area contributed by atoms with Crippen molar-refractivity contribution in [2.45, 2.75) is 45.1 Å². The number of carbonyl (C=O) groups is 1. The molecule has 20 heavy (non-hydrogen) atoms. The highest BCUT2D eigenvalue weighted by Gasteiger charge is 2.49. The molecule has 3 atom stereocenters. The van der Waals surface area contributed by atoms with E-state index < -0.39 is 0 Å². The fourth-order valence-electron chi connectivity index (χ4n) is 3.99. The lowest BCUT2D eigenvalue weighted by Crippen LogP contribution is -2.52. The molecule has 2 aliphatic rings. The molecule has 1 aromatic carbocycles. The third-order valence-electron chi connectivity index (χ3n) is 5.43. The molecule has 0 spiro atoms. The lowest BCUT2D eigenvalue weighted by molar-refractivity contribution is -0.134. The minimum absolute atomic E-state index is 0.335. The summed E-state index contributed by atoms with van der Waals surface area (Å²) in [4.78, 5) is 15.4. The van der Waals surface area contributed by atoms with Crippen molar-refractivity contribution < 1.29 is 4.79 Å². The Labute approximate surface area is 122 Å². The van der Waals surface area contributed by atoms with Gasteiger partial charge in [-0.25, -0.2) is 0 Å². The molecular weight excluding hydrogens is 246 g/mol. The van der Waals surface area contributed by atoms with E-state index in [4.69, 9.17) is 0 Å². The van der Waals surface area contributed by atoms with Crippen molar-refractivity contribution in [2.75, 3.05) is 13.1 Å². The number of Topliss-reactive ketones (excluding diaryl/α,β-unsaturated/α-hetero) is 1. The summed E-state index contributed by atoms with van der Waals surface area (Å²) < 4.78 is 0. The molecule has 1 aromatic rings. The van der Waals surface area contributed by atoms with Gasteiger partial charge in [0.15, 0.2) is 5.78 Å². The molecule has 0 aromatic heterocycles. The van der Waals surface area contributed by atoms with Crippen molar-refractivity contribution in [1.29, 1.82) is 0 Å². The predicted molar refractivity (Wildman–Crippen MR) is 81.5 cm³/mol. The van der Waals surface area contributed by atoms with Crippen LogP contribution >= 0.6 is 0 Å². The van der Waals surface area contributed by atoms with E-state index in [2.05, 4.69) is 43.0 Å². The summed E-state index contributed by atoms with van der Waals surface area (Å²) in [7, 11) is 0. The summed E-state index contributed by atoms with van der Waals surface area (Å²) in [5.74, 6) is 1.81. The fourth-order valence-corrected chi connectivity index (χ4v) is 3.99. The topological polar surface area (TPSA) is 20.3 Å². The van der Waals surface area contributed by atoms with E-state index in [0.29, 0.717) is 17.6 Å². The molecule has 2 unspecified atom stereocenters. The molecule has 2 heteroatoms. The Morgan fingerprint density at radius 2 is 1.70 bits per heavy atom. The maximum atomic E-state index is 12.9. The van der Waals surface area contributed by atoms with Crippen LogP contribution in [0.3, 0.4) is 0 Å². The van der Waals surface area contributed by atoms with Gasteiger partial charge in [-0.3, -0.25) is 9.69 Å². The number of hydrogen-bond donors (Lipinski definition) is 0. The van der Waals surface area contributed by atoms with Gasteiger partial charge in [-0.05, 0) is 30.2 Å². The highest BCUT2D eigenvalue weighted by atomic mass is 16.1. The molecule has 1 saturated carbocycles. The molecule has 1 saturated heterocycles. The maximum absolute atomic E-state index is 12.9. The number of likely N-dealkylation sites (tertiary alicyclic amines) is 1. The van der Waals surface area contributed by atoms with E-state index in [1.165, 1.54) is 12.0 Å². The van der Waals surface area contributed by atoms with Crippen molar-refractivity contribution in [3.63, 3.8) is 0 Å². The van der Waals surface area contributed by atoms with Crippen molar-refractivity contribution in [3.05, 3.63) is 35.9 Å². The van der Waals surface area contributed by atoms with Gasteiger partial charge >= 0.3 is 0 Å². The number of rotatable bonds is 2. The molecule has 1 heterocycles. The lowest BCUT2D eigenvalue weighted by atomic mass is 9.74. The monoisotopic (exact) mass is 271 g/mol. The number of benzene rings is 1. The summed E-state index contributed by atoms with van der Waals surface area (Å²) in [5, 5.41) is 0. The zero-order chi connectivity index (χ0) is 14.2. The van der Waals surface area contributed by atoms with Gasteiger partial charge in [-0.1, -0.05) is 50.6 Å². The zero-order valence-corrected chi connectivity index (χ0v) is 12.6. The van der Waals surface area contributed by atoms with E-state index >= 15 is 0 Å². The van der Waals surface area contributed by atoms with Gasteiger partial charge in [-0.15, -0.1) is 0 Å². The maximum Gasteiger partial charge on any atom is 0.157 e. The zero-order valence-electron chi connectivity index (χ0n) is 12.6.